The fourth-order valence-corrected chi connectivity index (χ4v) is 7.27. The Labute approximate surface area is 196 Å². The van der Waals surface area contributed by atoms with Crippen molar-refractivity contribution in [2.75, 3.05) is 0 Å². The van der Waals surface area contributed by atoms with Gasteiger partial charge in [-0.3, -0.25) is 0 Å². The molecule has 0 bridgehead atoms. The van der Waals surface area contributed by atoms with Crippen LogP contribution in [0.15, 0.2) is 97.1 Å². The molecule has 0 amide bonds. The maximum absolute atomic E-state index is 15.3. The number of rotatable bonds is 4. The van der Waals surface area contributed by atoms with Crippen molar-refractivity contribution in [3.05, 3.63) is 97.1 Å². The van der Waals surface area contributed by atoms with Gasteiger partial charge in [-0.1, -0.05) is 91.0 Å². The lowest BCUT2D eigenvalue weighted by Gasteiger charge is -2.32. The highest BCUT2D eigenvalue weighted by atomic mass is 31.2. The van der Waals surface area contributed by atoms with Gasteiger partial charge in [0.1, 0.15) is 0 Å². The van der Waals surface area contributed by atoms with Crippen molar-refractivity contribution in [1.82, 2.24) is 0 Å². The third-order valence-corrected chi connectivity index (χ3v) is 10.1. The van der Waals surface area contributed by atoms with Crippen LogP contribution in [0.5, 0.6) is 0 Å². The monoisotopic (exact) mass is 454 g/mol. The van der Waals surface area contributed by atoms with Crippen LogP contribution in [0.2, 0.25) is 0 Å². The molecular formula is C28H28BO3P. The molecule has 0 radical (unpaired) electrons. The van der Waals surface area contributed by atoms with Gasteiger partial charge in [0.2, 0.25) is 0 Å². The van der Waals surface area contributed by atoms with E-state index in [0.29, 0.717) is 0 Å². The fraction of sp³-hybridized carbons (Fsp3) is 0.214. The van der Waals surface area contributed by atoms with Gasteiger partial charge in [0, 0.05) is 15.9 Å². The molecule has 1 aliphatic rings. The molecule has 1 fully saturated rings. The van der Waals surface area contributed by atoms with Gasteiger partial charge in [0.25, 0.3) is 0 Å². The van der Waals surface area contributed by atoms with E-state index in [0.717, 1.165) is 32.1 Å². The van der Waals surface area contributed by atoms with E-state index in [1.165, 1.54) is 0 Å². The summed E-state index contributed by atoms with van der Waals surface area (Å²) in [6.45, 7) is 8.17. The minimum absolute atomic E-state index is 0.496. The summed E-state index contributed by atoms with van der Waals surface area (Å²) < 4.78 is 28.2. The highest BCUT2D eigenvalue weighted by Crippen LogP contribution is 2.44. The van der Waals surface area contributed by atoms with E-state index in [9.17, 15) is 0 Å². The van der Waals surface area contributed by atoms with Crippen molar-refractivity contribution in [2.24, 2.45) is 0 Å². The van der Waals surface area contributed by atoms with Crippen LogP contribution in [-0.2, 0) is 13.9 Å². The molecule has 0 spiro atoms. The summed E-state index contributed by atoms with van der Waals surface area (Å²) in [5.74, 6) is 0. The largest absolute Gasteiger partial charge is 0.495 e. The highest BCUT2D eigenvalue weighted by Gasteiger charge is 2.53. The first-order valence-electron chi connectivity index (χ1n) is 11.3. The van der Waals surface area contributed by atoms with Crippen LogP contribution >= 0.6 is 7.14 Å². The van der Waals surface area contributed by atoms with E-state index in [4.69, 9.17) is 9.31 Å². The van der Waals surface area contributed by atoms with E-state index in [1.807, 2.05) is 100 Å². The smallest absolute Gasteiger partial charge is 0.399 e. The lowest BCUT2D eigenvalue weighted by Crippen LogP contribution is -2.46. The van der Waals surface area contributed by atoms with Crippen LogP contribution in [0.1, 0.15) is 27.7 Å². The molecule has 33 heavy (non-hydrogen) atoms. The Balaban J connectivity index is 1.82. The van der Waals surface area contributed by atoms with E-state index in [-0.39, 0.29) is 0 Å². The standard InChI is InChI=1S/C28H28BO3P/c1-27(2)28(3,4)32-29(31-27)25-19-21-13-11-12-14-22(21)20-26(25)33(30,23-15-7-5-8-16-23)24-17-9-6-10-18-24/h5-20H,1-4H3. The predicted molar refractivity (Wildman–Crippen MR) is 139 cm³/mol. The lowest BCUT2D eigenvalue weighted by molar-refractivity contribution is 0.00578. The van der Waals surface area contributed by atoms with Gasteiger partial charge in [-0.15, -0.1) is 0 Å². The number of fused-ring (bicyclic) bond motifs is 1. The van der Waals surface area contributed by atoms with E-state index in [2.05, 4.69) is 24.3 Å². The summed E-state index contributed by atoms with van der Waals surface area (Å²) >= 11 is 0. The number of hydrogen-bond donors (Lipinski definition) is 0. The summed E-state index contributed by atoms with van der Waals surface area (Å²) in [4.78, 5) is 0. The molecule has 0 atom stereocenters. The Morgan fingerprint density at radius 3 is 1.55 bits per heavy atom. The molecule has 1 heterocycles. The van der Waals surface area contributed by atoms with Crippen LogP contribution in [0.25, 0.3) is 10.8 Å². The molecule has 5 heteroatoms. The second-order valence-corrected chi connectivity index (χ2v) is 12.4. The zero-order valence-electron chi connectivity index (χ0n) is 19.5. The first-order valence-corrected chi connectivity index (χ1v) is 13.0. The van der Waals surface area contributed by atoms with Crippen LogP contribution in [0.3, 0.4) is 0 Å². The van der Waals surface area contributed by atoms with Crippen molar-refractivity contribution < 1.29 is 13.9 Å². The zero-order chi connectivity index (χ0) is 23.3. The SMILES string of the molecule is CC1(C)OB(c2cc3ccccc3cc2P(=O)(c2ccccc2)c2ccccc2)OC1(C)C. The average molecular weight is 454 g/mol. The summed E-state index contributed by atoms with van der Waals surface area (Å²) in [5, 5.41) is 4.46. The third kappa shape index (κ3) is 3.67. The molecule has 0 N–H and O–H groups in total. The van der Waals surface area contributed by atoms with Crippen molar-refractivity contribution >= 4 is 46.4 Å². The summed E-state index contributed by atoms with van der Waals surface area (Å²) in [7, 11) is -3.83. The van der Waals surface area contributed by atoms with Gasteiger partial charge < -0.3 is 13.9 Å². The Bertz CT molecular complexity index is 1290. The summed E-state index contributed by atoms with van der Waals surface area (Å²) in [5.41, 5.74) is -0.169. The molecule has 0 aliphatic carbocycles. The average Bonchev–Trinajstić information content (AvgIpc) is 3.05. The molecule has 5 rings (SSSR count). The molecule has 1 saturated heterocycles. The molecule has 0 unspecified atom stereocenters. The van der Waals surface area contributed by atoms with Gasteiger partial charge in [-0.25, -0.2) is 0 Å². The third-order valence-electron chi connectivity index (χ3n) is 6.98. The molecule has 4 aromatic rings. The quantitative estimate of drug-likeness (QED) is 0.329. The first kappa shape index (κ1) is 22.2. The van der Waals surface area contributed by atoms with Gasteiger partial charge in [0.05, 0.1) is 11.2 Å². The highest BCUT2D eigenvalue weighted by molar-refractivity contribution is 7.85. The molecule has 0 saturated carbocycles. The van der Waals surface area contributed by atoms with Crippen LogP contribution in [0.4, 0.5) is 0 Å². The normalized spacial score (nSPS) is 17.4. The van der Waals surface area contributed by atoms with E-state index < -0.39 is 25.5 Å². The second kappa shape index (κ2) is 7.99. The van der Waals surface area contributed by atoms with Gasteiger partial charge >= 0.3 is 7.12 Å². The molecule has 3 nitrogen and oxygen atoms in total. The van der Waals surface area contributed by atoms with Crippen molar-refractivity contribution in [1.29, 1.82) is 0 Å². The van der Waals surface area contributed by atoms with E-state index >= 15 is 4.57 Å². The van der Waals surface area contributed by atoms with Crippen LogP contribution in [0, 0.1) is 0 Å². The zero-order valence-corrected chi connectivity index (χ0v) is 20.4. The fourth-order valence-electron chi connectivity index (χ4n) is 4.38. The van der Waals surface area contributed by atoms with Crippen molar-refractivity contribution in [2.45, 2.75) is 38.9 Å². The maximum Gasteiger partial charge on any atom is 0.495 e. The first-order chi connectivity index (χ1) is 15.7. The molecule has 166 valence electrons. The van der Waals surface area contributed by atoms with Crippen LogP contribution < -0.4 is 21.4 Å². The van der Waals surface area contributed by atoms with Gasteiger partial charge in [-0.05, 0) is 50.0 Å². The lowest BCUT2D eigenvalue weighted by atomic mass is 9.78. The minimum Gasteiger partial charge on any atom is -0.399 e. The second-order valence-electron chi connectivity index (χ2n) is 9.63. The Morgan fingerprint density at radius 1 is 0.636 bits per heavy atom. The van der Waals surface area contributed by atoms with Crippen molar-refractivity contribution in [3.8, 4) is 0 Å². The van der Waals surface area contributed by atoms with Gasteiger partial charge in [-0.2, -0.15) is 0 Å². The van der Waals surface area contributed by atoms with Gasteiger partial charge in [0.15, 0.2) is 7.14 Å². The topological polar surface area (TPSA) is 35.5 Å². The molecule has 4 aromatic carbocycles. The summed E-state index contributed by atoms with van der Waals surface area (Å²) in [6, 6.07) is 31.8. The number of benzene rings is 4. The molecule has 0 aromatic heterocycles. The van der Waals surface area contributed by atoms with Crippen LogP contribution in [-0.4, -0.2) is 18.3 Å². The Kier molecular flexibility index (Phi) is 5.36. The molecule has 1 aliphatic heterocycles. The minimum atomic E-state index is -3.21. The Hall–Kier alpha value is -2.65. The van der Waals surface area contributed by atoms with Crippen molar-refractivity contribution in [3.63, 3.8) is 0 Å². The molecular weight excluding hydrogens is 426 g/mol. The predicted octanol–water partition coefficient (Wildman–Crippen LogP) is 4.78. The Morgan fingerprint density at radius 2 is 1.06 bits per heavy atom. The summed E-state index contributed by atoms with van der Waals surface area (Å²) in [6.07, 6.45) is 0. The maximum atomic E-state index is 15.3. The number of hydrogen-bond acceptors (Lipinski definition) is 3. The van der Waals surface area contributed by atoms with E-state index in [1.54, 1.807) is 0 Å².